The van der Waals surface area contributed by atoms with Gasteiger partial charge < -0.3 is 10.2 Å². The molecule has 0 saturated carbocycles. The van der Waals surface area contributed by atoms with E-state index in [0.717, 1.165) is 50.5 Å². The molecule has 5 heteroatoms. The quantitative estimate of drug-likeness (QED) is 0.186. The lowest BCUT2D eigenvalue weighted by atomic mass is 10.1. The number of amides is 1. The van der Waals surface area contributed by atoms with Gasteiger partial charge in [0.1, 0.15) is 0 Å². The zero-order valence-electron chi connectivity index (χ0n) is 21.9. The Morgan fingerprint density at radius 3 is 2.09 bits per heavy atom. The lowest BCUT2D eigenvalue weighted by Crippen LogP contribution is -2.35. The van der Waals surface area contributed by atoms with Gasteiger partial charge in [0, 0.05) is 36.3 Å². The maximum atomic E-state index is 12.3. The Balaban J connectivity index is 1.66. The highest BCUT2D eigenvalue weighted by Crippen LogP contribution is 2.27. The van der Waals surface area contributed by atoms with Gasteiger partial charge in [-0.3, -0.25) is 4.79 Å². The molecule has 2 aromatic carbocycles. The monoisotopic (exact) mass is 514 g/mol. The van der Waals surface area contributed by atoms with Crippen LogP contribution in [0.2, 0.25) is 0 Å². The number of thioether (sulfide) groups is 2. The van der Waals surface area contributed by atoms with Gasteiger partial charge in [0.2, 0.25) is 5.91 Å². The van der Waals surface area contributed by atoms with Gasteiger partial charge in [-0.25, -0.2) is 0 Å². The number of rotatable bonds is 20. The smallest absolute Gasteiger partial charge is 0.220 e. The van der Waals surface area contributed by atoms with Gasteiger partial charge >= 0.3 is 0 Å². The summed E-state index contributed by atoms with van der Waals surface area (Å²) in [5.41, 5.74) is 2.81. The summed E-state index contributed by atoms with van der Waals surface area (Å²) in [5, 5.41) is 3.78. The molecule has 0 fully saturated rings. The first-order valence-electron chi connectivity index (χ1n) is 13.5. The molecule has 194 valence electrons. The summed E-state index contributed by atoms with van der Waals surface area (Å²) >= 11 is 4.12. The lowest BCUT2D eigenvalue weighted by Gasteiger charge is -2.21. The number of unbranched alkanes of at least 4 members (excludes halogenated alkanes) is 1. The first kappa shape index (κ1) is 29.8. The number of hydrogen-bond acceptors (Lipinski definition) is 4. The number of benzene rings is 2. The summed E-state index contributed by atoms with van der Waals surface area (Å²) in [5.74, 6) is 3.56. The molecule has 0 aliphatic heterocycles. The SMILES string of the molecule is CCCN(CCC)CCNC(=O)CCCC[C@H](CCSCc1ccccc1)SCc1ccccc1. The summed E-state index contributed by atoms with van der Waals surface area (Å²) in [7, 11) is 0. The van der Waals surface area contributed by atoms with Crippen molar-refractivity contribution in [2.75, 3.05) is 31.9 Å². The average Bonchev–Trinajstić information content (AvgIpc) is 2.88. The predicted molar refractivity (Wildman–Crippen MR) is 157 cm³/mol. The molecule has 1 amide bonds. The third-order valence-electron chi connectivity index (χ3n) is 6.03. The van der Waals surface area contributed by atoms with Gasteiger partial charge in [-0.1, -0.05) is 80.9 Å². The maximum Gasteiger partial charge on any atom is 0.220 e. The normalized spacial score (nSPS) is 12.1. The van der Waals surface area contributed by atoms with Gasteiger partial charge in [-0.2, -0.15) is 23.5 Å². The highest BCUT2D eigenvalue weighted by molar-refractivity contribution is 7.99. The van der Waals surface area contributed by atoms with Crippen molar-refractivity contribution in [1.29, 1.82) is 0 Å². The van der Waals surface area contributed by atoms with Crippen LogP contribution in [0.5, 0.6) is 0 Å². The van der Waals surface area contributed by atoms with E-state index in [2.05, 4.69) is 96.5 Å². The van der Waals surface area contributed by atoms with Crippen molar-refractivity contribution in [1.82, 2.24) is 10.2 Å². The Morgan fingerprint density at radius 2 is 1.46 bits per heavy atom. The summed E-state index contributed by atoms with van der Waals surface area (Å²) in [6, 6.07) is 21.5. The first-order valence-corrected chi connectivity index (χ1v) is 15.7. The molecule has 0 aliphatic carbocycles. The zero-order chi connectivity index (χ0) is 25.0. The Kier molecular flexibility index (Phi) is 16.8. The van der Waals surface area contributed by atoms with Crippen LogP contribution >= 0.6 is 23.5 Å². The second kappa shape index (κ2) is 19.7. The molecule has 0 heterocycles. The minimum absolute atomic E-state index is 0.213. The topological polar surface area (TPSA) is 32.3 Å². The van der Waals surface area contributed by atoms with E-state index in [9.17, 15) is 4.79 Å². The summed E-state index contributed by atoms with van der Waals surface area (Å²) < 4.78 is 0. The van der Waals surface area contributed by atoms with Crippen LogP contribution in [0.4, 0.5) is 0 Å². The summed E-state index contributed by atoms with van der Waals surface area (Å²) in [6.45, 7) is 8.41. The van der Waals surface area contributed by atoms with Crippen LogP contribution in [-0.2, 0) is 16.3 Å². The highest BCUT2D eigenvalue weighted by atomic mass is 32.2. The van der Waals surface area contributed by atoms with Gasteiger partial charge in [0.15, 0.2) is 0 Å². The van der Waals surface area contributed by atoms with Crippen LogP contribution in [0.25, 0.3) is 0 Å². The fourth-order valence-corrected chi connectivity index (χ4v) is 6.56. The second-order valence-electron chi connectivity index (χ2n) is 9.18. The number of nitrogens with zero attached hydrogens (tertiary/aromatic N) is 1. The molecule has 0 aliphatic rings. The molecule has 0 aromatic heterocycles. The number of nitrogens with one attached hydrogen (secondary N) is 1. The van der Waals surface area contributed by atoms with E-state index in [1.165, 1.54) is 42.6 Å². The van der Waals surface area contributed by atoms with E-state index in [4.69, 9.17) is 0 Å². The van der Waals surface area contributed by atoms with Gasteiger partial charge in [0.05, 0.1) is 0 Å². The van der Waals surface area contributed by atoms with Crippen LogP contribution in [0.3, 0.4) is 0 Å². The highest BCUT2D eigenvalue weighted by Gasteiger charge is 2.11. The predicted octanol–water partition coefficient (Wildman–Crippen LogP) is 7.41. The number of carbonyl (C=O) groups excluding carboxylic acids is 1. The number of hydrogen-bond donors (Lipinski definition) is 1. The van der Waals surface area contributed by atoms with Crippen LogP contribution < -0.4 is 5.32 Å². The number of carbonyl (C=O) groups is 1. The molecule has 0 bridgehead atoms. The summed E-state index contributed by atoms with van der Waals surface area (Å²) in [6.07, 6.45) is 7.52. The van der Waals surface area contributed by atoms with E-state index < -0.39 is 0 Å². The van der Waals surface area contributed by atoms with Gasteiger partial charge in [-0.15, -0.1) is 0 Å². The largest absolute Gasteiger partial charge is 0.355 e. The molecule has 2 rings (SSSR count). The molecule has 0 unspecified atom stereocenters. The van der Waals surface area contributed by atoms with Gasteiger partial charge in [0.25, 0.3) is 0 Å². The van der Waals surface area contributed by atoms with E-state index in [1.807, 2.05) is 11.8 Å². The van der Waals surface area contributed by atoms with Crippen molar-refractivity contribution in [2.24, 2.45) is 0 Å². The molecule has 35 heavy (non-hydrogen) atoms. The molecule has 1 atom stereocenters. The van der Waals surface area contributed by atoms with Crippen LogP contribution in [-0.4, -0.2) is 48.0 Å². The molecular formula is C30H46N2OS2. The van der Waals surface area contributed by atoms with E-state index >= 15 is 0 Å². The van der Waals surface area contributed by atoms with Crippen molar-refractivity contribution < 1.29 is 4.79 Å². The van der Waals surface area contributed by atoms with E-state index in [-0.39, 0.29) is 5.91 Å². The molecule has 0 spiro atoms. The third kappa shape index (κ3) is 14.7. The Hall–Kier alpha value is -1.43. The Morgan fingerprint density at radius 1 is 0.829 bits per heavy atom. The van der Waals surface area contributed by atoms with Crippen LogP contribution in [0.15, 0.2) is 60.7 Å². The van der Waals surface area contributed by atoms with Crippen LogP contribution in [0, 0.1) is 0 Å². The minimum atomic E-state index is 0.213. The molecule has 0 saturated heterocycles. The zero-order valence-corrected chi connectivity index (χ0v) is 23.6. The van der Waals surface area contributed by atoms with Crippen molar-refractivity contribution in [2.45, 2.75) is 75.5 Å². The van der Waals surface area contributed by atoms with Crippen molar-refractivity contribution >= 4 is 29.4 Å². The minimum Gasteiger partial charge on any atom is -0.355 e. The Labute approximate surface area is 223 Å². The molecule has 0 radical (unpaired) electrons. The fourth-order valence-electron chi connectivity index (χ4n) is 4.15. The molecule has 3 nitrogen and oxygen atoms in total. The lowest BCUT2D eigenvalue weighted by molar-refractivity contribution is -0.121. The van der Waals surface area contributed by atoms with Crippen LogP contribution in [0.1, 0.15) is 69.9 Å². The Bertz CT molecular complexity index is 766. The maximum absolute atomic E-state index is 12.3. The average molecular weight is 515 g/mol. The molecular weight excluding hydrogens is 468 g/mol. The second-order valence-corrected chi connectivity index (χ2v) is 11.6. The van der Waals surface area contributed by atoms with Crippen molar-refractivity contribution in [3.05, 3.63) is 71.8 Å². The van der Waals surface area contributed by atoms with Crippen molar-refractivity contribution in [3.63, 3.8) is 0 Å². The van der Waals surface area contributed by atoms with E-state index in [0.29, 0.717) is 11.7 Å². The third-order valence-corrected chi connectivity index (χ3v) is 8.54. The van der Waals surface area contributed by atoms with Crippen molar-refractivity contribution in [3.8, 4) is 0 Å². The standard InChI is InChI=1S/C30H46N2OS2/c1-3-21-32(22-4-2)23-20-31-30(33)18-12-11-17-29(35-26-28-15-9-6-10-16-28)19-24-34-25-27-13-7-5-8-14-27/h5-10,13-16,29H,3-4,11-12,17-26H2,1-2H3,(H,31,33)/t29-/m1/s1. The first-order chi connectivity index (χ1) is 17.2. The fraction of sp³-hybridized carbons (Fsp3) is 0.567. The summed E-state index contributed by atoms with van der Waals surface area (Å²) in [4.78, 5) is 14.8. The van der Waals surface area contributed by atoms with Gasteiger partial charge in [-0.05, 0) is 62.1 Å². The molecule has 2 aromatic rings. The van der Waals surface area contributed by atoms with E-state index in [1.54, 1.807) is 0 Å². The molecule has 1 N–H and O–H groups in total.